The van der Waals surface area contributed by atoms with Crippen LogP contribution in [0.4, 0.5) is 0 Å². The topological polar surface area (TPSA) is 49.8 Å². The van der Waals surface area contributed by atoms with Crippen LogP contribution in [0.3, 0.4) is 0 Å². The maximum absolute atomic E-state index is 11.3. The molecule has 1 aromatic heterocycles. The minimum atomic E-state index is 0.0518. The Balaban J connectivity index is 2.56. The monoisotopic (exact) mass is 167 g/mol. The van der Waals surface area contributed by atoms with E-state index in [0.29, 0.717) is 12.6 Å². The number of fused-ring (bicyclic) bond motifs is 1. The number of aryl methyl sites for hydroxylation is 1. The highest BCUT2D eigenvalue weighted by Gasteiger charge is 2.26. The van der Waals surface area contributed by atoms with Gasteiger partial charge in [0, 0.05) is 19.6 Å². The molecule has 0 saturated heterocycles. The van der Waals surface area contributed by atoms with E-state index in [2.05, 4.69) is 17.3 Å². The van der Waals surface area contributed by atoms with Gasteiger partial charge in [0.25, 0.3) is 5.56 Å². The smallest absolute Gasteiger partial charge is 0.268 e. The van der Waals surface area contributed by atoms with E-state index in [1.54, 1.807) is 0 Å². The van der Waals surface area contributed by atoms with Gasteiger partial charge in [0.1, 0.15) is 0 Å². The molecule has 12 heavy (non-hydrogen) atoms. The number of aromatic amines is 1. The zero-order valence-electron chi connectivity index (χ0n) is 7.35. The van der Waals surface area contributed by atoms with Crippen molar-refractivity contribution in [2.75, 3.05) is 0 Å². The van der Waals surface area contributed by atoms with E-state index in [0.717, 1.165) is 17.7 Å². The Hall–Kier alpha value is -1.03. The average Bonchev–Trinajstić information content (AvgIpc) is 2.55. The zero-order chi connectivity index (χ0) is 8.72. The molecular formula is C8H13N3O. The second kappa shape index (κ2) is 2.48. The van der Waals surface area contributed by atoms with E-state index >= 15 is 0 Å². The third-order valence-electron chi connectivity index (χ3n) is 2.48. The van der Waals surface area contributed by atoms with Crippen molar-refractivity contribution in [3.63, 3.8) is 0 Å². The molecule has 2 N–H and O–H groups in total. The van der Waals surface area contributed by atoms with Gasteiger partial charge in [0.15, 0.2) is 0 Å². The SMILES string of the molecule is CCC1NCc2c1n(C)[nH]c2=O. The molecule has 0 aliphatic carbocycles. The molecule has 2 heterocycles. The molecule has 0 aromatic carbocycles. The molecule has 0 saturated carbocycles. The van der Waals surface area contributed by atoms with Crippen LogP contribution < -0.4 is 10.9 Å². The molecule has 66 valence electrons. The van der Waals surface area contributed by atoms with Crippen LogP contribution in [0.1, 0.15) is 30.6 Å². The van der Waals surface area contributed by atoms with E-state index in [1.165, 1.54) is 0 Å². The third-order valence-corrected chi connectivity index (χ3v) is 2.48. The first-order valence-electron chi connectivity index (χ1n) is 4.25. The van der Waals surface area contributed by atoms with Gasteiger partial charge in [-0.05, 0) is 6.42 Å². The van der Waals surface area contributed by atoms with Gasteiger partial charge in [-0.3, -0.25) is 14.6 Å². The van der Waals surface area contributed by atoms with Crippen LogP contribution in [-0.2, 0) is 13.6 Å². The van der Waals surface area contributed by atoms with E-state index < -0.39 is 0 Å². The molecule has 0 amide bonds. The Kier molecular flexibility index (Phi) is 1.58. The van der Waals surface area contributed by atoms with E-state index in [-0.39, 0.29) is 5.56 Å². The first-order chi connectivity index (χ1) is 5.74. The van der Waals surface area contributed by atoms with Crippen molar-refractivity contribution >= 4 is 0 Å². The normalized spacial score (nSPS) is 21.3. The highest BCUT2D eigenvalue weighted by molar-refractivity contribution is 5.25. The molecule has 4 heteroatoms. The fourth-order valence-electron chi connectivity index (χ4n) is 1.87. The average molecular weight is 167 g/mol. The summed E-state index contributed by atoms with van der Waals surface area (Å²) in [6, 6.07) is 0.351. The number of H-pyrrole nitrogens is 1. The van der Waals surface area contributed by atoms with Crippen LogP contribution in [-0.4, -0.2) is 9.78 Å². The van der Waals surface area contributed by atoms with Crippen LogP contribution in [0.15, 0.2) is 4.79 Å². The summed E-state index contributed by atoms with van der Waals surface area (Å²) in [5, 5.41) is 6.06. The van der Waals surface area contributed by atoms with Crippen LogP contribution in [0.5, 0.6) is 0 Å². The summed E-state index contributed by atoms with van der Waals surface area (Å²) in [6.45, 7) is 2.83. The summed E-state index contributed by atoms with van der Waals surface area (Å²) in [7, 11) is 1.88. The van der Waals surface area contributed by atoms with Crippen molar-refractivity contribution in [3.8, 4) is 0 Å². The number of nitrogens with one attached hydrogen (secondary N) is 2. The number of nitrogens with zero attached hydrogens (tertiary/aromatic N) is 1. The van der Waals surface area contributed by atoms with Crippen LogP contribution in [0, 0.1) is 0 Å². The summed E-state index contributed by atoms with van der Waals surface area (Å²) >= 11 is 0. The highest BCUT2D eigenvalue weighted by atomic mass is 16.1. The second-order valence-electron chi connectivity index (χ2n) is 3.21. The van der Waals surface area contributed by atoms with Gasteiger partial charge in [-0.15, -0.1) is 0 Å². The first-order valence-corrected chi connectivity index (χ1v) is 4.25. The summed E-state index contributed by atoms with van der Waals surface area (Å²) in [4.78, 5) is 11.3. The predicted molar refractivity (Wildman–Crippen MR) is 45.9 cm³/mol. The van der Waals surface area contributed by atoms with Gasteiger partial charge >= 0.3 is 0 Å². The lowest BCUT2D eigenvalue weighted by molar-refractivity contribution is 0.522. The molecule has 1 aromatic rings. The molecule has 0 spiro atoms. The predicted octanol–water partition coefficient (Wildman–Crippen LogP) is 0.268. The number of hydrogen-bond acceptors (Lipinski definition) is 2. The fourth-order valence-corrected chi connectivity index (χ4v) is 1.87. The standard InChI is InChI=1S/C8H13N3O/c1-3-6-7-5(4-9-6)8(12)10-11(7)2/h6,9H,3-4H2,1-2H3,(H,10,12). The Morgan fingerprint density at radius 3 is 3.08 bits per heavy atom. The fraction of sp³-hybridized carbons (Fsp3) is 0.625. The van der Waals surface area contributed by atoms with Gasteiger partial charge in [-0.25, -0.2) is 0 Å². The van der Waals surface area contributed by atoms with Crippen LogP contribution in [0.2, 0.25) is 0 Å². The molecule has 1 aliphatic heterocycles. The zero-order valence-corrected chi connectivity index (χ0v) is 7.35. The van der Waals surface area contributed by atoms with Crippen molar-refractivity contribution in [3.05, 3.63) is 21.6 Å². The maximum Gasteiger partial charge on any atom is 0.268 e. The first kappa shape index (κ1) is 7.61. The van der Waals surface area contributed by atoms with Crippen molar-refractivity contribution in [2.45, 2.75) is 25.9 Å². The number of aromatic nitrogens is 2. The van der Waals surface area contributed by atoms with Crippen LogP contribution >= 0.6 is 0 Å². The molecule has 4 nitrogen and oxygen atoms in total. The summed E-state index contributed by atoms with van der Waals surface area (Å²) < 4.78 is 1.83. The maximum atomic E-state index is 11.3. The highest BCUT2D eigenvalue weighted by Crippen LogP contribution is 2.23. The third kappa shape index (κ3) is 0.845. The molecule has 1 atom stereocenters. The van der Waals surface area contributed by atoms with Gasteiger partial charge < -0.3 is 5.32 Å². The van der Waals surface area contributed by atoms with Crippen molar-refractivity contribution in [1.82, 2.24) is 15.1 Å². The summed E-state index contributed by atoms with van der Waals surface area (Å²) in [5.41, 5.74) is 2.09. The molecule has 1 unspecified atom stereocenters. The Morgan fingerprint density at radius 2 is 2.42 bits per heavy atom. The lowest BCUT2D eigenvalue weighted by atomic mass is 10.1. The minimum Gasteiger partial charge on any atom is -0.304 e. The Morgan fingerprint density at radius 1 is 1.67 bits per heavy atom. The minimum absolute atomic E-state index is 0.0518. The number of rotatable bonds is 1. The largest absolute Gasteiger partial charge is 0.304 e. The van der Waals surface area contributed by atoms with Gasteiger partial charge in [0.05, 0.1) is 11.3 Å². The van der Waals surface area contributed by atoms with E-state index in [1.807, 2.05) is 11.7 Å². The van der Waals surface area contributed by atoms with Gasteiger partial charge in [-0.1, -0.05) is 6.92 Å². The molecule has 0 bridgehead atoms. The molecule has 1 aliphatic rings. The molecule has 0 radical (unpaired) electrons. The quantitative estimate of drug-likeness (QED) is 0.630. The molecule has 2 rings (SSSR count). The Labute approximate surface area is 70.6 Å². The summed E-state index contributed by atoms with van der Waals surface area (Å²) in [6.07, 6.45) is 1.03. The lowest BCUT2D eigenvalue weighted by Gasteiger charge is -2.09. The molecule has 0 fully saturated rings. The lowest BCUT2D eigenvalue weighted by Crippen LogP contribution is -2.17. The number of hydrogen-bond donors (Lipinski definition) is 2. The van der Waals surface area contributed by atoms with Gasteiger partial charge in [-0.2, -0.15) is 0 Å². The van der Waals surface area contributed by atoms with Gasteiger partial charge in [0.2, 0.25) is 0 Å². The van der Waals surface area contributed by atoms with Crippen molar-refractivity contribution < 1.29 is 0 Å². The van der Waals surface area contributed by atoms with E-state index in [9.17, 15) is 4.79 Å². The van der Waals surface area contributed by atoms with Crippen LogP contribution in [0.25, 0.3) is 0 Å². The summed E-state index contributed by atoms with van der Waals surface area (Å²) in [5.74, 6) is 0. The van der Waals surface area contributed by atoms with Crippen molar-refractivity contribution in [2.24, 2.45) is 7.05 Å². The van der Waals surface area contributed by atoms with E-state index in [4.69, 9.17) is 0 Å². The van der Waals surface area contributed by atoms with Crippen molar-refractivity contribution in [1.29, 1.82) is 0 Å². The second-order valence-corrected chi connectivity index (χ2v) is 3.21. The molecular weight excluding hydrogens is 154 g/mol. The Bertz CT molecular complexity index is 350.